The fourth-order valence-electron chi connectivity index (χ4n) is 1.79. The van der Waals surface area contributed by atoms with E-state index in [-0.39, 0.29) is 11.6 Å². The molecule has 1 heterocycles. The van der Waals surface area contributed by atoms with Crippen LogP contribution in [-0.2, 0) is 6.42 Å². The maximum Gasteiger partial charge on any atom is 0.174 e. The van der Waals surface area contributed by atoms with Crippen LogP contribution < -0.4 is 10.6 Å². The smallest absolute Gasteiger partial charge is 0.174 e. The zero-order valence-corrected chi connectivity index (χ0v) is 12.2. The highest BCUT2D eigenvalue weighted by atomic mass is 32.1. The number of benzene rings is 1. The number of aromatic nitrogens is 1. The standard InChI is InChI=1S/C15H16FN3OS/c16-12-7-5-11(6-8-12)3-1-10-18-15(21)19-14-13(20)4-2-9-17-14/h2,4-9,20H,1,3,10H2,(H2,17,18,19,21). The molecule has 4 nitrogen and oxygen atoms in total. The zero-order valence-electron chi connectivity index (χ0n) is 11.3. The Kier molecular flexibility index (Phi) is 5.45. The predicted molar refractivity (Wildman–Crippen MR) is 84.8 cm³/mol. The Hall–Kier alpha value is -2.21. The van der Waals surface area contributed by atoms with Gasteiger partial charge in [-0.25, -0.2) is 9.37 Å². The predicted octanol–water partition coefficient (Wildman–Crippen LogP) is 2.85. The number of nitrogens with zero attached hydrogens (tertiary/aromatic N) is 1. The van der Waals surface area contributed by atoms with Crippen LogP contribution in [0.4, 0.5) is 10.2 Å². The van der Waals surface area contributed by atoms with Gasteiger partial charge in [-0.3, -0.25) is 0 Å². The maximum atomic E-state index is 12.8. The van der Waals surface area contributed by atoms with E-state index in [1.165, 1.54) is 18.2 Å². The van der Waals surface area contributed by atoms with E-state index in [9.17, 15) is 9.50 Å². The molecule has 0 fully saturated rings. The minimum Gasteiger partial charge on any atom is -0.504 e. The fourth-order valence-corrected chi connectivity index (χ4v) is 1.99. The molecule has 2 rings (SSSR count). The van der Waals surface area contributed by atoms with Gasteiger partial charge in [-0.05, 0) is 54.9 Å². The molecule has 110 valence electrons. The van der Waals surface area contributed by atoms with Crippen LogP contribution in [0.15, 0.2) is 42.6 Å². The molecule has 0 unspecified atom stereocenters. The second-order valence-corrected chi connectivity index (χ2v) is 4.89. The van der Waals surface area contributed by atoms with Crippen molar-refractivity contribution < 1.29 is 9.50 Å². The van der Waals surface area contributed by atoms with E-state index in [1.807, 2.05) is 0 Å². The van der Waals surface area contributed by atoms with Crippen LogP contribution in [0.5, 0.6) is 5.75 Å². The summed E-state index contributed by atoms with van der Waals surface area (Å²) in [7, 11) is 0. The molecule has 1 aromatic heterocycles. The fraction of sp³-hybridized carbons (Fsp3) is 0.200. The highest BCUT2D eigenvalue weighted by molar-refractivity contribution is 7.80. The third kappa shape index (κ3) is 5.00. The van der Waals surface area contributed by atoms with Gasteiger partial charge in [0, 0.05) is 12.7 Å². The monoisotopic (exact) mass is 305 g/mol. The van der Waals surface area contributed by atoms with Crippen LogP contribution in [0.1, 0.15) is 12.0 Å². The number of aryl methyl sites for hydroxylation is 1. The minimum atomic E-state index is -0.225. The van der Waals surface area contributed by atoms with Crippen molar-refractivity contribution in [1.29, 1.82) is 0 Å². The van der Waals surface area contributed by atoms with Crippen LogP contribution in [0.3, 0.4) is 0 Å². The van der Waals surface area contributed by atoms with Gasteiger partial charge >= 0.3 is 0 Å². The molecule has 0 radical (unpaired) electrons. The van der Waals surface area contributed by atoms with Gasteiger partial charge in [0.1, 0.15) is 5.82 Å². The van der Waals surface area contributed by atoms with Gasteiger partial charge in [-0.1, -0.05) is 12.1 Å². The van der Waals surface area contributed by atoms with Crippen molar-refractivity contribution in [2.75, 3.05) is 11.9 Å². The number of halogens is 1. The van der Waals surface area contributed by atoms with E-state index >= 15 is 0 Å². The first-order valence-electron chi connectivity index (χ1n) is 6.58. The number of nitrogens with one attached hydrogen (secondary N) is 2. The molecule has 0 saturated heterocycles. The van der Waals surface area contributed by atoms with Crippen molar-refractivity contribution in [2.24, 2.45) is 0 Å². The Morgan fingerprint density at radius 3 is 2.71 bits per heavy atom. The van der Waals surface area contributed by atoms with E-state index < -0.39 is 0 Å². The summed E-state index contributed by atoms with van der Waals surface area (Å²) in [5, 5.41) is 15.8. The second kappa shape index (κ2) is 7.54. The molecule has 6 heteroatoms. The summed E-state index contributed by atoms with van der Waals surface area (Å²) in [6.45, 7) is 0.677. The molecule has 0 amide bonds. The minimum absolute atomic E-state index is 0.0490. The Morgan fingerprint density at radius 1 is 1.24 bits per heavy atom. The quantitative estimate of drug-likeness (QED) is 0.586. The summed E-state index contributed by atoms with van der Waals surface area (Å²) in [4.78, 5) is 3.98. The Labute approximate surface area is 128 Å². The maximum absolute atomic E-state index is 12.8. The topological polar surface area (TPSA) is 57.2 Å². The zero-order chi connectivity index (χ0) is 15.1. The molecule has 3 N–H and O–H groups in total. The van der Waals surface area contributed by atoms with Gasteiger partial charge < -0.3 is 15.7 Å². The molecule has 0 saturated carbocycles. The van der Waals surface area contributed by atoms with Crippen molar-refractivity contribution in [3.8, 4) is 5.75 Å². The number of anilines is 1. The van der Waals surface area contributed by atoms with Gasteiger partial charge in [0.25, 0.3) is 0 Å². The van der Waals surface area contributed by atoms with Crippen LogP contribution >= 0.6 is 12.2 Å². The average Bonchev–Trinajstić information content (AvgIpc) is 2.48. The Balaban J connectivity index is 1.70. The van der Waals surface area contributed by atoms with E-state index in [2.05, 4.69) is 15.6 Å². The molecule has 0 atom stereocenters. The van der Waals surface area contributed by atoms with Crippen LogP contribution in [0.25, 0.3) is 0 Å². The summed E-state index contributed by atoms with van der Waals surface area (Å²) < 4.78 is 12.8. The van der Waals surface area contributed by atoms with Gasteiger partial charge in [0.05, 0.1) is 0 Å². The van der Waals surface area contributed by atoms with Gasteiger partial charge in [0.15, 0.2) is 16.7 Å². The second-order valence-electron chi connectivity index (χ2n) is 4.48. The van der Waals surface area contributed by atoms with Gasteiger partial charge in [-0.2, -0.15) is 0 Å². The molecule has 0 aliphatic carbocycles. The third-order valence-corrected chi connectivity index (χ3v) is 3.11. The molecule has 0 aliphatic heterocycles. The van der Waals surface area contributed by atoms with Crippen LogP contribution in [0.2, 0.25) is 0 Å². The Morgan fingerprint density at radius 2 is 2.00 bits per heavy atom. The first-order chi connectivity index (χ1) is 10.1. The molecular formula is C15H16FN3OS. The van der Waals surface area contributed by atoms with Crippen molar-refractivity contribution in [2.45, 2.75) is 12.8 Å². The molecule has 0 bridgehead atoms. The molecular weight excluding hydrogens is 289 g/mol. The molecule has 0 spiro atoms. The van der Waals surface area contributed by atoms with E-state index in [0.717, 1.165) is 18.4 Å². The van der Waals surface area contributed by atoms with Crippen molar-refractivity contribution >= 4 is 23.1 Å². The summed E-state index contributed by atoms with van der Waals surface area (Å²) in [6.07, 6.45) is 3.27. The number of thiocarbonyl (C=S) groups is 1. The molecule has 1 aromatic carbocycles. The summed E-state index contributed by atoms with van der Waals surface area (Å²) in [6, 6.07) is 9.64. The normalized spacial score (nSPS) is 10.1. The van der Waals surface area contributed by atoms with Crippen LogP contribution in [-0.4, -0.2) is 21.7 Å². The van der Waals surface area contributed by atoms with E-state index in [0.29, 0.717) is 17.5 Å². The third-order valence-electron chi connectivity index (χ3n) is 2.86. The number of aromatic hydroxyl groups is 1. The average molecular weight is 305 g/mol. The number of hydrogen-bond acceptors (Lipinski definition) is 3. The number of pyridine rings is 1. The summed E-state index contributed by atoms with van der Waals surface area (Å²) >= 11 is 5.12. The van der Waals surface area contributed by atoms with E-state index in [1.54, 1.807) is 24.4 Å². The number of rotatable bonds is 5. The van der Waals surface area contributed by atoms with Gasteiger partial charge in [-0.15, -0.1) is 0 Å². The van der Waals surface area contributed by atoms with Crippen molar-refractivity contribution in [3.63, 3.8) is 0 Å². The Bertz CT molecular complexity index is 604. The first kappa shape index (κ1) is 15.2. The molecule has 2 aromatic rings. The van der Waals surface area contributed by atoms with Crippen molar-refractivity contribution in [1.82, 2.24) is 10.3 Å². The highest BCUT2D eigenvalue weighted by Crippen LogP contribution is 2.17. The number of hydrogen-bond donors (Lipinski definition) is 3. The van der Waals surface area contributed by atoms with E-state index in [4.69, 9.17) is 12.2 Å². The highest BCUT2D eigenvalue weighted by Gasteiger charge is 2.03. The van der Waals surface area contributed by atoms with Crippen LogP contribution in [0, 0.1) is 5.82 Å². The lowest BCUT2D eigenvalue weighted by molar-refractivity contribution is 0.475. The molecule has 0 aliphatic rings. The van der Waals surface area contributed by atoms with Crippen molar-refractivity contribution in [3.05, 3.63) is 54.0 Å². The van der Waals surface area contributed by atoms with Gasteiger partial charge in [0.2, 0.25) is 0 Å². The lowest BCUT2D eigenvalue weighted by Gasteiger charge is -2.10. The summed E-state index contributed by atoms with van der Waals surface area (Å²) in [5.74, 6) is 0.152. The molecule has 21 heavy (non-hydrogen) atoms. The lowest BCUT2D eigenvalue weighted by atomic mass is 10.1. The SMILES string of the molecule is Oc1cccnc1NC(=S)NCCCc1ccc(F)cc1. The summed E-state index contributed by atoms with van der Waals surface area (Å²) in [5.41, 5.74) is 1.08. The largest absolute Gasteiger partial charge is 0.504 e. The first-order valence-corrected chi connectivity index (χ1v) is 6.99. The lowest BCUT2D eigenvalue weighted by Crippen LogP contribution is -2.29.